The molecule has 1 atom stereocenters. The van der Waals surface area contributed by atoms with Crippen molar-refractivity contribution in [3.63, 3.8) is 0 Å². The van der Waals surface area contributed by atoms with Crippen LogP contribution in [0.1, 0.15) is 31.4 Å². The summed E-state index contributed by atoms with van der Waals surface area (Å²) in [5.41, 5.74) is 0. The quantitative estimate of drug-likeness (QED) is 0.877. The molecule has 0 bridgehead atoms. The van der Waals surface area contributed by atoms with Crippen LogP contribution in [0.5, 0.6) is 0 Å². The predicted molar refractivity (Wildman–Crippen MR) is 83.8 cm³/mol. The molecule has 0 radical (unpaired) electrons. The molecule has 0 saturated carbocycles. The molecule has 2 saturated heterocycles. The van der Waals surface area contributed by atoms with Gasteiger partial charge in [0.2, 0.25) is 11.8 Å². The summed E-state index contributed by atoms with van der Waals surface area (Å²) in [4.78, 5) is 39.0. The van der Waals surface area contributed by atoms with Crippen LogP contribution in [0.15, 0.2) is 22.8 Å². The number of likely N-dealkylation sites (tertiary alicyclic amines) is 2. The fraction of sp³-hybridized carbons (Fsp3) is 0.588. The third-order valence-electron chi connectivity index (χ3n) is 4.88. The zero-order valence-electron chi connectivity index (χ0n) is 13.5. The van der Waals surface area contributed by atoms with Crippen molar-refractivity contribution in [2.45, 2.75) is 32.2 Å². The normalized spacial score (nSPS) is 22.2. The fourth-order valence-corrected chi connectivity index (χ4v) is 3.54. The lowest BCUT2D eigenvalue weighted by molar-refractivity contribution is -0.139. The van der Waals surface area contributed by atoms with Gasteiger partial charge in [0.1, 0.15) is 5.76 Å². The van der Waals surface area contributed by atoms with Gasteiger partial charge >= 0.3 is 5.97 Å². The van der Waals surface area contributed by atoms with Crippen molar-refractivity contribution < 1.29 is 23.9 Å². The Kier molecular flexibility index (Phi) is 4.87. The lowest BCUT2D eigenvalue weighted by atomic mass is 9.92. The van der Waals surface area contributed by atoms with Crippen LogP contribution in [0, 0.1) is 11.8 Å². The van der Waals surface area contributed by atoms with E-state index in [1.165, 1.54) is 0 Å². The van der Waals surface area contributed by atoms with E-state index in [-0.39, 0.29) is 36.5 Å². The van der Waals surface area contributed by atoms with Gasteiger partial charge < -0.3 is 19.3 Å². The number of carboxylic acids is 1. The molecule has 7 nitrogen and oxygen atoms in total. The maximum Gasteiger partial charge on any atom is 0.303 e. The van der Waals surface area contributed by atoms with Gasteiger partial charge in [-0.15, -0.1) is 0 Å². The first-order chi connectivity index (χ1) is 11.5. The summed E-state index contributed by atoms with van der Waals surface area (Å²) >= 11 is 0. The van der Waals surface area contributed by atoms with E-state index in [1.807, 2.05) is 6.07 Å². The van der Waals surface area contributed by atoms with Gasteiger partial charge in [-0.1, -0.05) is 0 Å². The van der Waals surface area contributed by atoms with Crippen LogP contribution in [0.4, 0.5) is 0 Å². The summed E-state index contributed by atoms with van der Waals surface area (Å²) in [6, 6.07) is 3.59. The van der Waals surface area contributed by atoms with Crippen LogP contribution in [0.25, 0.3) is 0 Å². The van der Waals surface area contributed by atoms with E-state index in [0.717, 1.165) is 12.8 Å². The molecule has 0 aliphatic carbocycles. The lowest BCUT2D eigenvalue weighted by Crippen LogP contribution is -2.42. The van der Waals surface area contributed by atoms with Crippen LogP contribution in [-0.2, 0) is 20.9 Å². The van der Waals surface area contributed by atoms with Crippen molar-refractivity contribution in [3.8, 4) is 0 Å². The highest BCUT2D eigenvalue weighted by Crippen LogP contribution is 2.26. The molecular weight excluding hydrogens is 312 g/mol. The van der Waals surface area contributed by atoms with Crippen molar-refractivity contribution in [2.24, 2.45) is 11.8 Å². The van der Waals surface area contributed by atoms with Crippen LogP contribution in [0.3, 0.4) is 0 Å². The molecule has 3 heterocycles. The smallest absolute Gasteiger partial charge is 0.303 e. The van der Waals surface area contributed by atoms with E-state index in [0.29, 0.717) is 31.9 Å². The Morgan fingerprint density at radius 2 is 2.04 bits per heavy atom. The summed E-state index contributed by atoms with van der Waals surface area (Å²) in [6.07, 6.45) is 3.42. The highest BCUT2D eigenvalue weighted by Gasteiger charge is 2.37. The maximum absolute atomic E-state index is 12.6. The van der Waals surface area contributed by atoms with Gasteiger partial charge in [-0.25, -0.2) is 0 Å². The summed E-state index contributed by atoms with van der Waals surface area (Å²) in [7, 11) is 0. The van der Waals surface area contributed by atoms with Crippen molar-refractivity contribution in [1.29, 1.82) is 0 Å². The third kappa shape index (κ3) is 3.77. The molecule has 7 heteroatoms. The first-order valence-corrected chi connectivity index (χ1v) is 8.33. The van der Waals surface area contributed by atoms with Gasteiger partial charge in [0, 0.05) is 32.5 Å². The first kappa shape index (κ1) is 16.5. The SMILES string of the molecule is O=C(O)CC1CCN(C(=O)C2CC(=O)N(Cc3ccco3)C2)CC1. The number of aliphatic carboxylic acids is 1. The number of rotatable bonds is 5. The Labute approximate surface area is 140 Å². The molecule has 2 amide bonds. The molecule has 1 aromatic heterocycles. The van der Waals surface area contributed by atoms with Crippen molar-refractivity contribution in [1.82, 2.24) is 9.80 Å². The van der Waals surface area contributed by atoms with Gasteiger partial charge in [0.05, 0.1) is 18.7 Å². The molecule has 0 aromatic carbocycles. The monoisotopic (exact) mass is 334 g/mol. The minimum atomic E-state index is -0.783. The molecule has 2 fully saturated rings. The summed E-state index contributed by atoms with van der Waals surface area (Å²) in [5, 5.41) is 8.85. The molecular formula is C17H22N2O5. The summed E-state index contributed by atoms with van der Waals surface area (Å²) in [6.45, 7) is 1.99. The van der Waals surface area contributed by atoms with Crippen LogP contribution in [-0.4, -0.2) is 52.3 Å². The van der Waals surface area contributed by atoms with E-state index >= 15 is 0 Å². The minimum absolute atomic E-state index is 0.0130. The number of carbonyl (C=O) groups is 3. The second-order valence-electron chi connectivity index (χ2n) is 6.62. The number of carboxylic acid groups (broad SMARTS) is 1. The number of carbonyl (C=O) groups excluding carboxylic acids is 2. The van der Waals surface area contributed by atoms with Gasteiger partial charge in [-0.05, 0) is 30.9 Å². The average Bonchev–Trinajstić information content (AvgIpc) is 3.18. The number of hydrogen-bond donors (Lipinski definition) is 1. The van der Waals surface area contributed by atoms with E-state index in [4.69, 9.17) is 9.52 Å². The van der Waals surface area contributed by atoms with Gasteiger partial charge in [-0.2, -0.15) is 0 Å². The largest absolute Gasteiger partial charge is 0.481 e. The molecule has 2 aliphatic rings. The topological polar surface area (TPSA) is 91.1 Å². The summed E-state index contributed by atoms with van der Waals surface area (Å²) in [5.74, 6) is -0.235. The summed E-state index contributed by atoms with van der Waals surface area (Å²) < 4.78 is 5.26. The van der Waals surface area contributed by atoms with Crippen LogP contribution >= 0.6 is 0 Å². The molecule has 0 spiro atoms. The van der Waals surface area contributed by atoms with Crippen molar-refractivity contribution in [2.75, 3.05) is 19.6 Å². The average molecular weight is 334 g/mol. The minimum Gasteiger partial charge on any atom is -0.481 e. The second kappa shape index (κ2) is 7.07. The Hall–Kier alpha value is -2.31. The van der Waals surface area contributed by atoms with E-state index in [2.05, 4.69) is 0 Å². The Morgan fingerprint density at radius 1 is 1.29 bits per heavy atom. The first-order valence-electron chi connectivity index (χ1n) is 8.33. The van der Waals surface area contributed by atoms with Gasteiger partial charge in [-0.3, -0.25) is 14.4 Å². The number of nitrogens with zero attached hydrogens (tertiary/aromatic N) is 2. The third-order valence-corrected chi connectivity index (χ3v) is 4.88. The molecule has 24 heavy (non-hydrogen) atoms. The number of amides is 2. The molecule has 1 N–H and O–H groups in total. The Balaban J connectivity index is 1.51. The predicted octanol–water partition coefficient (Wildman–Crippen LogP) is 1.34. The number of furan rings is 1. The molecule has 2 aliphatic heterocycles. The highest BCUT2D eigenvalue weighted by molar-refractivity contribution is 5.89. The molecule has 3 rings (SSSR count). The van der Waals surface area contributed by atoms with Gasteiger partial charge in [0.15, 0.2) is 0 Å². The Morgan fingerprint density at radius 3 is 2.67 bits per heavy atom. The van der Waals surface area contributed by atoms with Crippen LogP contribution < -0.4 is 0 Å². The van der Waals surface area contributed by atoms with E-state index in [9.17, 15) is 14.4 Å². The van der Waals surface area contributed by atoms with E-state index < -0.39 is 5.97 Å². The second-order valence-corrected chi connectivity index (χ2v) is 6.62. The number of hydrogen-bond acceptors (Lipinski definition) is 4. The fourth-order valence-electron chi connectivity index (χ4n) is 3.54. The molecule has 1 aromatic rings. The highest BCUT2D eigenvalue weighted by atomic mass is 16.4. The standard InChI is InChI=1S/C17H22N2O5/c20-15-9-13(10-19(15)11-14-2-1-7-24-14)17(23)18-5-3-12(4-6-18)8-16(21)22/h1-2,7,12-13H,3-6,8-11H2,(H,21,22). The van der Waals surface area contributed by atoms with E-state index in [1.54, 1.807) is 22.1 Å². The van der Waals surface area contributed by atoms with Crippen molar-refractivity contribution >= 4 is 17.8 Å². The molecule has 1 unspecified atom stereocenters. The molecule has 130 valence electrons. The van der Waals surface area contributed by atoms with Crippen LogP contribution in [0.2, 0.25) is 0 Å². The lowest BCUT2D eigenvalue weighted by Gasteiger charge is -2.33. The zero-order valence-corrected chi connectivity index (χ0v) is 13.5. The van der Waals surface area contributed by atoms with Crippen molar-refractivity contribution in [3.05, 3.63) is 24.2 Å². The zero-order chi connectivity index (χ0) is 17.1. The Bertz CT molecular complexity index is 605. The maximum atomic E-state index is 12.6. The van der Waals surface area contributed by atoms with Gasteiger partial charge in [0.25, 0.3) is 0 Å². The number of piperidine rings is 1.